The van der Waals surface area contributed by atoms with Crippen LogP contribution in [0.5, 0.6) is 0 Å². The van der Waals surface area contributed by atoms with Gasteiger partial charge in [0.05, 0.1) is 15.4 Å². The number of halogens is 1. The highest BCUT2D eigenvalue weighted by Crippen LogP contribution is 2.26. The van der Waals surface area contributed by atoms with Gasteiger partial charge in [0, 0.05) is 26.0 Å². The normalized spacial score (nSPS) is 15.3. The van der Waals surface area contributed by atoms with Crippen molar-refractivity contribution in [3.05, 3.63) is 0 Å². The van der Waals surface area contributed by atoms with Crippen LogP contribution in [-0.2, 0) is 28.8 Å². The Morgan fingerprint density at radius 3 is 2.23 bits per heavy atom. The van der Waals surface area contributed by atoms with Crippen LogP contribution in [0.2, 0.25) is 0 Å². The van der Waals surface area contributed by atoms with Crippen molar-refractivity contribution < 1.29 is 28.8 Å². The van der Waals surface area contributed by atoms with Gasteiger partial charge in [0.1, 0.15) is 0 Å². The third kappa shape index (κ3) is 7.18. The summed E-state index contributed by atoms with van der Waals surface area (Å²) in [5.41, 5.74) is -1.37. The molecule has 1 saturated heterocycles. The standard InChI is InChI=1S/C17H27IN2O6/c1-16(2,15(24)26-20-13(22)5-6-14(20)23)8-10-25-17(3,4)7-9-19-12(21)11-18/h5-11H2,1-4H3,(H,19,21). The van der Waals surface area contributed by atoms with Gasteiger partial charge < -0.3 is 14.9 Å². The van der Waals surface area contributed by atoms with Crippen molar-refractivity contribution in [2.45, 2.75) is 59.0 Å². The molecule has 1 heterocycles. The molecule has 148 valence electrons. The Morgan fingerprint density at radius 2 is 1.69 bits per heavy atom. The molecular weight excluding hydrogens is 455 g/mol. The zero-order chi connectivity index (χ0) is 20.0. The number of nitrogens with one attached hydrogen (secondary N) is 1. The Labute approximate surface area is 167 Å². The number of hydrogen-bond donors (Lipinski definition) is 1. The number of hydrogen-bond acceptors (Lipinski definition) is 6. The molecule has 9 heteroatoms. The van der Waals surface area contributed by atoms with Gasteiger partial charge in [-0.3, -0.25) is 14.4 Å². The highest BCUT2D eigenvalue weighted by atomic mass is 127. The third-order valence-electron chi connectivity index (χ3n) is 4.12. The molecule has 1 rings (SSSR count). The van der Waals surface area contributed by atoms with Gasteiger partial charge in [-0.05, 0) is 40.5 Å². The van der Waals surface area contributed by atoms with Crippen molar-refractivity contribution in [1.29, 1.82) is 0 Å². The van der Waals surface area contributed by atoms with Crippen LogP contribution in [0, 0.1) is 5.41 Å². The molecule has 0 atom stereocenters. The summed E-state index contributed by atoms with van der Waals surface area (Å²) in [6, 6.07) is 0. The average Bonchev–Trinajstić information content (AvgIpc) is 2.85. The van der Waals surface area contributed by atoms with Crippen LogP contribution in [0.25, 0.3) is 0 Å². The van der Waals surface area contributed by atoms with E-state index in [-0.39, 0.29) is 18.7 Å². The van der Waals surface area contributed by atoms with E-state index in [0.29, 0.717) is 35.5 Å². The van der Waals surface area contributed by atoms with Crippen molar-refractivity contribution in [1.82, 2.24) is 10.4 Å². The van der Waals surface area contributed by atoms with Crippen LogP contribution in [0.1, 0.15) is 53.4 Å². The molecule has 0 aromatic rings. The number of rotatable bonds is 10. The number of carbonyl (C=O) groups excluding carboxylic acids is 4. The quantitative estimate of drug-likeness (QED) is 0.289. The summed E-state index contributed by atoms with van der Waals surface area (Å²) in [6.07, 6.45) is 1.14. The van der Waals surface area contributed by atoms with E-state index < -0.39 is 28.8 Å². The summed E-state index contributed by atoms with van der Waals surface area (Å²) in [6.45, 7) is 8.00. The van der Waals surface area contributed by atoms with E-state index in [1.807, 2.05) is 36.4 Å². The topological polar surface area (TPSA) is 102 Å². The van der Waals surface area contributed by atoms with Gasteiger partial charge in [0.15, 0.2) is 0 Å². The molecule has 0 aromatic heterocycles. The summed E-state index contributed by atoms with van der Waals surface area (Å²) in [5.74, 6) is -1.65. The lowest BCUT2D eigenvalue weighted by molar-refractivity contribution is -0.205. The maximum Gasteiger partial charge on any atom is 0.338 e. The fraction of sp³-hybridized carbons (Fsp3) is 0.765. The number of amides is 3. The minimum atomic E-state index is -0.908. The van der Waals surface area contributed by atoms with Gasteiger partial charge in [-0.2, -0.15) is 0 Å². The van der Waals surface area contributed by atoms with E-state index >= 15 is 0 Å². The van der Waals surface area contributed by atoms with Crippen molar-refractivity contribution in [3.8, 4) is 0 Å². The smallest absolute Gasteiger partial charge is 0.338 e. The Balaban J connectivity index is 2.41. The van der Waals surface area contributed by atoms with E-state index in [0.717, 1.165) is 0 Å². The predicted octanol–water partition coefficient (Wildman–Crippen LogP) is 1.75. The average molecular weight is 482 g/mol. The number of imide groups is 1. The molecule has 0 aromatic carbocycles. The van der Waals surface area contributed by atoms with Gasteiger partial charge in [-0.25, -0.2) is 4.79 Å². The van der Waals surface area contributed by atoms with Gasteiger partial charge >= 0.3 is 5.97 Å². The first-order chi connectivity index (χ1) is 12.0. The molecule has 1 aliphatic heterocycles. The van der Waals surface area contributed by atoms with E-state index in [9.17, 15) is 19.2 Å². The number of nitrogens with zero attached hydrogens (tertiary/aromatic N) is 1. The first-order valence-electron chi connectivity index (χ1n) is 8.53. The van der Waals surface area contributed by atoms with Crippen molar-refractivity contribution >= 4 is 46.3 Å². The fourth-order valence-corrected chi connectivity index (χ4v) is 2.44. The number of carbonyl (C=O) groups is 4. The minimum absolute atomic E-state index is 0.0173. The third-order valence-corrected chi connectivity index (χ3v) is 4.82. The maximum absolute atomic E-state index is 12.3. The summed E-state index contributed by atoms with van der Waals surface area (Å²) < 4.78 is 6.25. The van der Waals surface area contributed by atoms with Crippen LogP contribution in [0.4, 0.5) is 0 Å². The Bertz CT molecular complexity index is 545. The van der Waals surface area contributed by atoms with E-state index in [1.165, 1.54) is 0 Å². The molecule has 0 aliphatic carbocycles. The Kier molecular flexibility index (Phi) is 8.45. The van der Waals surface area contributed by atoms with Crippen molar-refractivity contribution in [2.75, 3.05) is 17.6 Å². The largest absolute Gasteiger partial charge is 0.375 e. The van der Waals surface area contributed by atoms with Gasteiger partial charge in [0.2, 0.25) is 5.91 Å². The summed E-state index contributed by atoms with van der Waals surface area (Å²) in [5, 5.41) is 3.35. The Hall–Kier alpha value is -1.23. The molecule has 8 nitrogen and oxygen atoms in total. The van der Waals surface area contributed by atoms with Crippen molar-refractivity contribution in [2.24, 2.45) is 5.41 Å². The zero-order valence-electron chi connectivity index (χ0n) is 15.7. The highest BCUT2D eigenvalue weighted by Gasteiger charge is 2.38. The zero-order valence-corrected chi connectivity index (χ0v) is 17.9. The predicted molar refractivity (Wildman–Crippen MR) is 102 cm³/mol. The molecule has 1 N–H and O–H groups in total. The molecule has 3 amide bonds. The van der Waals surface area contributed by atoms with E-state index in [2.05, 4.69) is 5.32 Å². The lowest BCUT2D eigenvalue weighted by Crippen LogP contribution is -2.39. The van der Waals surface area contributed by atoms with Gasteiger partial charge in [-0.15, -0.1) is 5.06 Å². The number of ether oxygens (including phenoxy) is 1. The monoisotopic (exact) mass is 482 g/mol. The molecule has 0 unspecified atom stereocenters. The lowest BCUT2D eigenvalue weighted by Gasteiger charge is -2.29. The second kappa shape index (κ2) is 9.63. The SMILES string of the molecule is CC(C)(CCNC(=O)CI)OCCC(C)(C)C(=O)ON1C(=O)CCC1=O. The van der Waals surface area contributed by atoms with Gasteiger partial charge in [-0.1, -0.05) is 22.6 Å². The van der Waals surface area contributed by atoms with Crippen molar-refractivity contribution in [3.63, 3.8) is 0 Å². The molecule has 26 heavy (non-hydrogen) atoms. The maximum atomic E-state index is 12.3. The van der Waals surface area contributed by atoms with Crippen LogP contribution in [0.15, 0.2) is 0 Å². The summed E-state index contributed by atoms with van der Waals surface area (Å²) in [7, 11) is 0. The highest BCUT2D eigenvalue weighted by molar-refractivity contribution is 14.1. The molecule has 0 bridgehead atoms. The first kappa shape index (κ1) is 22.8. The first-order valence-corrected chi connectivity index (χ1v) is 10.1. The van der Waals surface area contributed by atoms with Crippen LogP contribution in [-0.4, -0.2) is 51.9 Å². The number of hydroxylamine groups is 2. The lowest BCUT2D eigenvalue weighted by atomic mass is 9.90. The second-order valence-corrected chi connectivity index (χ2v) is 8.20. The molecule has 1 fully saturated rings. The van der Waals surface area contributed by atoms with Crippen LogP contribution >= 0.6 is 22.6 Å². The summed E-state index contributed by atoms with van der Waals surface area (Å²) >= 11 is 2.00. The molecule has 0 radical (unpaired) electrons. The molecule has 0 spiro atoms. The van der Waals surface area contributed by atoms with Gasteiger partial charge in [0.25, 0.3) is 11.8 Å². The summed E-state index contributed by atoms with van der Waals surface area (Å²) in [4.78, 5) is 51.6. The molecule has 1 aliphatic rings. The fourth-order valence-electron chi connectivity index (χ4n) is 2.17. The minimum Gasteiger partial charge on any atom is -0.375 e. The van der Waals surface area contributed by atoms with E-state index in [4.69, 9.17) is 9.57 Å². The van der Waals surface area contributed by atoms with Crippen LogP contribution in [0.3, 0.4) is 0 Å². The molecular formula is C17H27IN2O6. The van der Waals surface area contributed by atoms with Crippen LogP contribution < -0.4 is 5.32 Å². The number of alkyl halides is 1. The Morgan fingerprint density at radius 1 is 1.12 bits per heavy atom. The molecule has 0 saturated carbocycles. The van der Waals surface area contributed by atoms with E-state index in [1.54, 1.807) is 13.8 Å². The second-order valence-electron chi connectivity index (χ2n) is 7.44.